The molecular weight excluding hydrogens is 176 g/mol. The number of nitrogens with zero attached hydrogens (tertiary/aromatic N) is 3. The summed E-state index contributed by atoms with van der Waals surface area (Å²) in [4.78, 5) is 7.96. The quantitative estimate of drug-likeness (QED) is 0.666. The Kier molecular flexibility index (Phi) is 1.44. The summed E-state index contributed by atoms with van der Waals surface area (Å²) < 4.78 is 1.76. The van der Waals surface area contributed by atoms with Crippen LogP contribution in [-0.4, -0.2) is 14.5 Å². The van der Waals surface area contributed by atoms with Gasteiger partial charge in [-0.15, -0.1) is 0 Å². The molecule has 12 heavy (non-hydrogen) atoms. The van der Waals surface area contributed by atoms with Gasteiger partial charge in [0.15, 0.2) is 5.82 Å². The van der Waals surface area contributed by atoms with Gasteiger partial charge in [0.25, 0.3) is 0 Å². The normalized spacial score (nSPS) is 10.8. The smallest absolute Gasteiger partial charge is 0.203 e. The third-order valence-electron chi connectivity index (χ3n) is 1.77. The number of nitrogens with two attached hydrogens (primary N) is 1. The van der Waals surface area contributed by atoms with Crippen molar-refractivity contribution in [2.24, 2.45) is 7.05 Å². The average Bonchev–Trinajstić information content (AvgIpc) is 2.32. The van der Waals surface area contributed by atoms with Crippen molar-refractivity contribution in [3.8, 4) is 0 Å². The van der Waals surface area contributed by atoms with E-state index in [0.717, 1.165) is 5.52 Å². The van der Waals surface area contributed by atoms with Gasteiger partial charge in [-0.25, -0.2) is 9.97 Å². The van der Waals surface area contributed by atoms with Crippen molar-refractivity contribution in [1.29, 1.82) is 0 Å². The van der Waals surface area contributed by atoms with Gasteiger partial charge in [0.1, 0.15) is 5.52 Å². The Labute approximate surface area is 74.0 Å². The molecule has 0 aliphatic heterocycles. The average molecular weight is 183 g/mol. The summed E-state index contributed by atoms with van der Waals surface area (Å²) in [5.41, 5.74) is 7.15. The Balaban J connectivity index is 2.95. The van der Waals surface area contributed by atoms with Gasteiger partial charge >= 0.3 is 0 Å². The van der Waals surface area contributed by atoms with Crippen LogP contribution >= 0.6 is 11.6 Å². The first-order chi connectivity index (χ1) is 5.70. The molecule has 0 radical (unpaired) electrons. The van der Waals surface area contributed by atoms with Crippen molar-refractivity contribution >= 4 is 28.5 Å². The van der Waals surface area contributed by atoms with E-state index in [4.69, 9.17) is 17.3 Å². The van der Waals surface area contributed by atoms with Crippen LogP contribution in [0.1, 0.15) is 0 Å². The summed E-state index contributed by atoms with van der Waals surface area (Å²) >= 11 is 5.79. The Bertz CT molecular complexity index is 434. The first kappa shape index (κ1) is 7.36. The van der Waals surface area contributed by atoms with E-state index in [0.29, 0.717) is 16.6 Å². The van der Waals surface area contributed by atoms with E-state index in [1.165, 1.54) is 0 Å². The second kappa shape index (κ2) is 2.35. The zero-order valence-electron chi connectivity index (χ0n) is 6.45. The number of aryl methyl sites for hydroxylation is 1. The van der Waals surface area contributed by atoms with E-state index in [1.54, 1.807) is 10.8 Å². The summed E-state index contributed by atoms with van der Waals surface area (Å²) in [5, 5.41) is 0.421. The van der Waals surface area contributed by atoms with Crippen LogP contribution in [0.2, 0.25) is 5.28 Å². The van der Waals surface area contributed by atoms with Gasteiger partial charge in [-0.1, -0.05) is 0 Å². The van der Waals surface area contributed by atoms with Crippen LogP contribution in [0.15, 0.2) is 12.3 Å². The number of imidazole rings is 1. The maximum absolute atomic E-state index is 5.79. The third-order valence-corrected chi connectivity index (χ3v) is 2.11. The fraction of sp³-hybridized carbons (Fsp3) is 0.143. The number of rotatable bonds is 0. The topological polar surface area (TPSA) is 56.7 Å². The Morgan fingerprint density at radius 1 is 1.58 bits per heavy atom. The molecule has 2 heterocycles. The zero-order valence-corrected chi connectivity index (χ0v) is 7.21. The van der Waals surface area contributed by atoms with E-state index >= 15 is 0 Å². The minimum absolute atomic E-state index is 0.412. The van der Waals surface area contributed by atoms with Crippen molar-refractivity contribution < 1.29 is 0 Å². The largest absolute Gasteiger partial charge is 0.382 e. The van der Waals surface area contributed by atoms with Crippen LogP contribution in [0.5, 0.6) is 0 Å². The lowest BCUT2D eigenvalue weighted by Gasteiger charge is -1.94. The lowest BCUT2D eigenvalue weighted by molar-refractivity contribution is 0.948. The molecule has 2 rings (SSSR count). The number of hydrogen-bond acceptors (Lipinski definition) is 3. The molecule has 0 amide bonds. The van der Waals surface area contributed by atoms with Crippen LogP contribution in [0.3, 0.4) is 0 Å². The van der Waals surface area contributed by atoms with Crippen molar-refractivity contribution in [3.05, 3.63) is 17.5 Å². The summed E-state index contributed by atoms with van der Waals surface area (Å²) in [6.07, 6.45) is 1.63. The fourth-order valence-electron chi connectivity index (χ4n) is 1.11. The highest BCUT2D eigenvalue weighted by atomic mass is 35.5. The summed E-state index contributed by atoms with van der Waals surface area (Å²) in [7, 11) is 1.83. The molecule has 0 aliphatic carbocycles. The Hall–Kier alpha value is -1.29. The van der Waals surface area contributed by atoms with Crippen molar-refractivity contribution in [3.63, 3.8) is 0 Å². The van der Waals surface area contributed by atoms with Crippen LogP contribution in [0.25, 0.3) is 11.0 Å². The van der Waals surface area contributed by atoms with Gasteiger partial charge in [-0.05, 0) is 17.7 Å². The van der Waals surface area contributed by atoms with Crippen molar-refractivity contribution in [2.75, 3.05) is 5.73 Å². The second-order valence-corrected chi connectivity index (χ2v) is 2.84. The molecule has 0 unspecified atom stereocenters. The number of fused-ring (bicyclic) bond motifs is 1. The first-order valence-corrected chi connectivity index (χ1v) is 3.80. The number of halogens is 1. The minimum Gasteiger partial charge on any atom is -0.382 e. The molecule has 0 bridgehead atoms. The number of aromatic nitrogens is 3. The summed E-state index contributed by atoms with van der Waals surface area (Å²) in [5.74, 6) is 0.412. The van der Waals surface area contributed by atoms with Gasteiger partial charge < -0.3 is 10.3 Å². The molecule has 0 aliphatic rings. The summed E-state index contributed by atoms with van der Waals surface area (Å²) in [6.45, 7) is 0. The summed E-state index contributed by atoms with van der Waals surface area (Å²) in [6, 6.07) is 1.82. The van der Waals surface area contributed by atoms with Gasteiger partial charge in [-0.2, -0.15) is 0 Å². The van der Waals surface area contributed by atoms with E-state index in [-0.39, 0.29) is 0 Å². The van der Waals surface area contributed by atoms with Gasteiger partial charge in [0.2, 0.25) is 5.28 Å². The van der Waals surface area contributed by atoms with Crippen molar-refractivity contribution in [1.82, 2.24) is 14.5 Å². The molecular formula is C7H7ClN4. The maximum Gasteiger partial charge on any atom is 0.203 e. The van der Waals surface area contributed by atoms with E-state index < -0.39 is 0 Å². The lowest BCUT2D eigenvalue weighted by atomic mass is 10.4. The lowest BCUT2D eigenvalue weighted by Crippen LogP contribution is -1.91. The number of anilines is 1. The SMILES string of the molecule is Cn1c(Cl)nc2c(N)nccc21. The van der Waals surface area contributed by atoms with E-state index in [2.05, 4.69) is 9.97 Å². The highest BCUT2D eigenvalue weighted by Crippen LogP contribution is 2.20. The highest BCUT2D eigenvalue weighted by Gasteiger charge is 2.07. The molecule has 0 spiro atoms. The van der Waals surface area contributed by atoms with Crippen LogP contribution < -0.4 is 5.73 Å². The number of hydrogen-bond donors (Lipinski definition) is 1. The van der Waals surface area contributed by atoms with Gasteiger partial charge in [0, 0.05) is 13.2 Å². The molecule has 2 aromatic heterocycles. The van der Waals surface area contributed by atoms with Crippen LogP contribution in [0, 0.1) is 0 Å². The monoisotopic (exact) mass is 182 g/mol. The first-order valence-electron chi connectivity index (χ1n) is 3.42. The Morgan fingerprint density at radius 2 is 2.33 bits per heavy atom. The fourth-order valence-corrected chi connectivity index (χ4v) is 1.29. The molecule has 0 aromatic carbocycles. The van der Waals surface area contributed by atoms with Crippen LogP contribution in [0.4, 0.5) is 5.82 Å². The molecule has 0 atom stereocenters. The second-order valence-electron chi connectivity index (χ2n) is 2.50. The molecule has 4 nitrogen and oxygen atoms in total. The molecule has 5 heteroatoms. The van der Waals surface area contributed by atoms with E-state index in [1.807, 2.05) is 13.1 Å². The molecule has 0 saturated carbocycles. The number of nitrogen functional groups attached to an aromatic ring is 1. The molecule has 2 N–H and O–H groups in total. The Morgan fingerprint density at radius 3 is 3.00 bits per heavy atom. The predicted molar refractivity (Wildman–Crippen MR) is 47.9 cm³/mol. The minimum atomic E-state index is 0.412. The molecule has 0 saturated heterocycles. The van der Waals surface area contributed by atoms with Gasteiger partial charge in [-0.3, -0.25) is 0 Å². The molecule has 2 aromatic rings. The van der Waals surface area contributed by atoms with Gasteiger partial charge in [0.05, 0.1) is 5.52 Å². The van der Waals surface area contributed by atoms with Crippen molar-refractivity contribution in [2.45, 2.75) is 0 Å². The molecule has 0 fully saturated rings. The van der Waals surface area contributed by atoms with Crippen LogP contribution in [-0.2, 0) is 7.05 Å². The standard InChI is InChI=1S/C7H7ClN4/c1-12-4-2-3-10-6(9)5(4)11-7(12)8/h2-3H,1H3,(H2,9,10). The predicted octanol–water partition coefficient (Wildman–Crippen LogP) is 1.20. The number of pyridine rings is 1. The zero-order chi connectivity index (χ0) is 8.72. The highest BCUT2D eigenvalue weighted by molar-refractivity contribution is 6.29. The molecule has 62 valence electrons. The maximum atomic E-state index is 5.79. The van der Waals surface area contributed by atoms with E-state index in [9.17, 15) is 0 Å². The third kappa shape index (κ3) is 0.848.